The average Bonchev–Trinajstić information content (AvgIpc) is 3.61. The van der Waals surface area contributed by atoms with Crippen LogP contribution in [0.15, 0.2) is 42.5 Å². The molecule has 5 rings (SSSR count). The summed E-state index contributed by atoms with van der Waals surface area (Å²) in [6, 6.07) is 13.5. The van der Waals surface area contributed by atoms with Crippen LogP contribution < -0.4 is 9.80 Å². The van der Waals surface area contributed by atoms with Crippen LogP contribution in [0.4, 0.5) is 16.2 Å². The van der Waals surface area contributed by atoms with Crippen molar-refractivity contribution in [3.05, 3.63) is 48.0 Å². The fourth-order valence-corrected chi connectivity index (χ4v) is 4.54. The lowest BCUT2D eigenvalue weighted by Gasteiger charge is -2.41. The van der Waals surface area contributed by atoms with Gasteiger partial charge in [0.15, 0.2) is 0 Å². The van der Waals surface area contributed by atoms with Gasteiger partial charge < -0.3 is 19.5 Å². The van der Waals surface area contributed by atoms with Gasteiger partial charge in [0.1, 0.15) is 5.60 Å². The highest BCUT2D eigenvalue weighted by Crippen LogP contribution is 2.42. The Kier molecular flexibility index (Phi) is 5.41. The number of hydrogen-bond acceptors (Lipinski definition) is 5. The summed E-state index contributed by atoms with van der Waals surface area (Å²) in [4.78, 5) is 29.5. The standard InChI is InChI=1S/C26H30N2O5/c1-16(2)33-25(30)27-13-17(3)28(24(29)19-4-5-19)22-11-8-20(12-23(22)27)18-6-9-21(10-7-18)26(31)14-32-15-26/h6-12,16-17,19,31H,4-5,13-15H2,1-3H3. The monoisotopic (exact) mass is 450 g/mol. The van der Waals surface area contributed by atoms with Crippen LogP contribution in [0.25, 0.3) is 11.1 Å². The van der Waals surface area contributed by atoms with Crippen LogP contribution in [-0.4, -0.2) is 49.0 Å². The van der Waals surface area contributed by atoms with Gasteiger partial charge in [-0.15, -0.1) is 0 Å². The van der Waals surface area contributed by atoms with Crippen molar-refractivity contribution < 1.29 is 24.2 Å². The van der Waals surface area contributed by atoms with Crippen molar-refractivity contribution in [1.29, 1.82) is 0 Å². The second-order valence-corrected chi connectivity index (χ2v) is 9.68. The molecule has 0 radical (unpaired) electrons. The van der Waals surface area contributed by atoms with E-state index in [1.165, 1.54) is 0 Å². The van der Waals surface area contributed by atoms with Crippen LogP contribution in [0.5, 0.6) is 0 Å². The third-order valence-electron chi connectivity index (χ3n) is 6.57. The Hall–Kier alpha value is -2.90. The van der Waals surface area contributed by atoms with E-state index in [1.54, 1.807) is 4.90 Å². The van der Waals surface area contributed by atoms with Crippen LogP contribution in [0.1, 0.15) is 39.2 Å². The van der Waals surface area contributed by atoms with Gasteiger partial charge in [0, 0.05) is 12.5 Å². The van der Waals surface area contributed by atoms with Crippen LogP contribution >= 0.6 is 0 Å². The highest BCUT2D eigenvalue weighted by atomic mass is 16.6. The Morgan fingerprint density at radius 1 is 1.06 bits per heavy atom. The molecule has 2 aromatic rings. The summed E-state index contributed by atoms with van der Waals surface area (Å²) >= 11 is 0. The van der Waals surface area contributed by atoms with Gasteiger partial charge in [-0.1, -0.05) is 30.3 Å². The summed E-state index contributed by atoms with van der Waals surface area (Å²) in [6.07, 6.45) is 1.21. The number of rotatable bonds is 4. The normalized spacial score (nSPS) is 21.4. The Balaban J connectivity index is 1.52. The lowest BCUT2D eigenvalue weighted by Crippen LogP contribution is -2.52. The van der Waals surface area contributed by atoms with Crippen LogP contribution in [0.2, 0.25) is 0 Å². The number of nitrogens with zero attached hydrogens (tertiary/aromatic N) is 2. The van der Waals surface area contributed by atoms with E-state index in [0.29, 0.717) is 25.4 Å². The maximum absolute atomic E-state index is 13.1. The zero-order chi connectivity index (χ0) is 23.3. The molecule has 1 unspecified atom stereocenters. The molecule has 2 aliphatic heterocycles. The first-order valence-electron chi connectivity index (χ1n) is 11.6. The van der Waals surface area contributed by atoms with Gasteiger partial charge in [-0.25, -0.2) is 4.79 Å². The van der Waals surface area contributed by atoms with Crippen molar-refractivity contribution in [2.45, 2.75) is 51.4 Å². The van der Waals surface area contributed by atoms with E-state index in [-0.39, 0.29) is 24.0 Å². The molecule has 2 amide bonds. The van der Waals surface area contributed by atoms with Crippen molar-refractivity contribution in [2.75, 3.05) is 29.6 Å². The third kappa shape index (κ3) is 4.00. The summed E-state index contributed by atoms with van der Waals surface area (Å²) in [5.74, 6) is 0.219. The maximum Gasteiger partial charge on any atom is 0.414 e. The number of carbonyl (C=O) groups is 2. The van der Waals surface area contributed by atoms with Crippen LogP contribution in [-0.2, 0) is 19.9 Å². The number of fused-ring (bicyclic) bond motifs is 1. The molecule has 1 atom stereocenters. The maximum atomic E-state index is 13.1. The van der Waals surface area contributed by atoms with Gasteiger partial charge in [-0.3, -0.25) is 9.69 Å². The zero-order valence-corrected chi connectivity index (χ0v) is 19.3. The van der Waals surface area contributed by atoms with E-state index in [2.05, 4.69) is 0 Å². The molecule has 7 heteroatoms. The zero-order valence-electron chi connectivity index (χ0n) is 19.3. The summed E-state index contributed by atoms with van der Waals surface area (Å²) in [7, 11) is 0. The van der Waals surface area contributed by atoms with E-state index in [9.17, 15) is 14.7 Å². The third-order valence-corrected chi connectivity index (χ3v) is 6.57. The van der Waals surface area contributed by atoms with Gasteiger partial charge in [0.25, 0.3) is 0 Å². The lowest BCUT2D eigenvalue weighted by molar-refractivity contribution is -0.184. The number of amides is 2. The molecule has 2 heterocycles. The van der Waals surface area contributed by atoms with E-state index in [4.69, 9.17) is 9.47 Å². The molecule has 174 valence electrons. The van der Waals surface area contributed by atoms with Crippen molar-refractivity contribution >= 4 is 23.4 Å². The van der Waals surface area contributed by atoms with Crippen molar-refractivity contribution in [2.24, 2.45) is 5.92 Å². The molecule has 0 bridgehead atoms. The van der Waals surface area contributed by atoms with Gasteiger partial charge >= 0.3 is 6.09 Å². The number of ether oxygens (including phenoxy) is 2. The molecule has 3 aliphatic rings. The van der Waals surface area contributed by atoms with Crippen LogP contribution in [0, 0.1) is 5.92 Å². The molecule has 2 fully saturated rings. The minimum Gasteiger partial charge on any atom is -0.446 e. The highest BCUT2D eigenvalue weighted by Gasteiger charge is 2.41. The van der Waals surface area contributed by atoms with E-state index in [0.717, 1.165) is 35.2 Å². The van der Waals surface area contributed by atoms with Crippen molar-refractivity contribution in [3.8, 4) is 11.1 Å². The fourth-order valence-electron chi connectivity index (χ4n) is 4.54. The Morgan fingerprint density at radius 2 is 1.73 bits per heavy atom. The van der Waals surface area contributed by atoms with Gasteiger partial charge in [0.2, 0.25) is 5.91 Å². The Bertz CT molecular complexity index is 1070. The smallest absolute Gasteiger partial charge is 0.414 e. The molecule has 0 aromatic heterocycles. The quantitative estimate of drug-likeness (QED) is 0.760. The summed E-state index contributed by atoms with van der Waals surface area (Å²) in [5.41, 5.74) is 3.22. The predicted molar refractivity (Wildman–Crippen MR) is 125 cm³/mol. The van der Waals surface area contributed by atoms with E-state index >= 15 is 0 Å². The largest absolute Gasteiger partial charge is 0.446 e. The lowest BCUT2D eigenvalue weighted by atomic mass is 9.90. The molecule has 1 aliphatic carbocycles. The number of hydrogen-bond donors (Lipinski definition) is 1. The second-order valence-electron chi connectivity index (χ2n) is 9.68. The van der Waals surface area contributed by atoms with Crippen LogP contribution in [0.3, 0.4) is 0 Å². The number of anilines is 2. The first-order valence-corrected chi connectivity index (χ1v) is 11.6. The molecule has 1 saturated carbocycles. The SMILES string of the molecule is CC(C)OC(=O)N1CC(C)N(C(=O)C2CC2)c2ccc(-c3ccc(C4(O)COC4)cc3)cc21. The average molecular weight is 451 g/mol. The topological polar surface area (TPSA) is 79.3 Å². The molecule has 1 saturated heterocycles. The Morgan fingerprint density at radius 3 is 2.30 bits per heavy atom. The molecule has 1 N–H and O–H groups in total. The molecular weight excluding hydrogens is 420 g/mol. The molecule has 7 nitrogen and oxygen atoms in total. The van der Waals surface area contributed by atoms with Gasteiger partial charge in [-0.2, -0.15) is 0 Å². The molecule has 33 heavy (non-hydrogen) atoms. The summed E-state index contributed by atoms with van der Waals surface area (Å²) < 4.78 is 10.7. The van der Waals surface area contributed by atoms with E-state index in [1.807, 2.05) is 68.1 Å². The first-order chi connectivity index (χ1) is 15.8. The second kappa shape index (κ2) is 8.15. The van der Waals surface area contributed by atoms with E-state index < -0.39 is 11.7 Å². The first kappa shape index (κ1) is 21.9. The van der Waals surface area contributed by atoms with Gasteiger partial charge in [0.05, 0.1) is 36.7 Å². The summed E-state index contributed by atoms with van der Waals surface area (Å²) in [5, 5.41) is 10.5. The minimum absolute atomic E-state index is 0.0861. The number of aliphatic hydroxyl groups is 1. The van der Waals surface area contributed by atoms with Gasteiger partial charge in [-0.05, 0) is 62.4 Å². The highest BCUT2D eigenvalue weighted by molar-refractivity contribution is 6.05. The van der Waals surface area contributed by atoms with Crippen molar-refractivity contribution in [1.82, 2.24) is 0 Å². The fraction of sp³-hybridized carbons (Fsp3) is 0.462. The predicted octanol–water partition coefficient (Wildman–Crippen LogP) is 4.07. The Labute approximate surface area is 193 Å². The number of benzene rings is 2. The minimum atomic E-state index is -0.911. The molecule has 2 aromatic carbocycles. The number of carbonyl (C=O) groups excluding carboxylic acids is 2. The molecular formula is C26H30N2O5. The summed E-state index contributed by atoms with van der Waals surface area (Å²) in [6.45, 7) is 6.62. The molecule has 0 spiro atoms. The van der Waals surface area contributed by atoms with Crippen molar-refractivity contribution in [3.63, 3.8) is 0 Å².